The second-order valence-corrected chi connectivity index (χ2v) is 13.2. The number of carbonyl (C=O) groups excluding carboxylic acids is 1. The zero-order chi connectivity index (χ0) is 30.2. The van der Waals surface area contributed by atoms with Crippen molar-refractivity contribution in [2.24, 2.45) is 23.7 Å². The van der Waals surface area contributed by atoms with E-state index in [1.807, 2.05) is 25.1 Å². The van der Waals surface area contributed by atoms with Gasteiger partial charge in [-0.1, -0.05) is 68.8 Å². The molecule has 5 unspecified atom stereocenters. The summed E-state index contributed by atoms with van der Waals surface area (Å²) in [7, 11) is 0. The van der Waals surface area contributed by atoms with Crippen LogP contribution in [0, 0.1) is 30.6 Å². The molecule has 3 heterocycles. The highest BCUT2D eigenvalue weighted by molar-refractivity contribution is 7.97. The number of alkyl carbamates (subject to hydrolysis) is 1. The zero-order valence-corrected chi connectivity index (χ0v) is 26.6. The summed E-state index contributed by atoms with van der Waals surface area (Å²) in [6.07, 6.45) is 3.94. The van der Waals surface area contributed by atoms with Crippen LogP contribution in [0.5, 0.6) is 0 Å². The van der Waals surface area contributed by atoms with Crippen LogP contribution in [0.1, 0.15) is 45.1 Å². The average Bonchev–Trinajstić information content (AvgIpc) is 3.71. The molecule has 2 aromatic carbocycles. The third kappa shape index (κ3) is 8.62. The predicted octanol–water partition coefficient (Wildman–Crippen LogP) is 6.99. The highest BCUT2D eigenvalue weighted by atomic mass is 32.2. The fourth-order valence-corrected chi connectivity index (χ4v) is 7.16. The maximum absolute atomic E-state index is 12.5. The van der Waals surface area contributed by atoms with Gasteiger partial charge < -0.3 is 23.9 Å². The first-order valence-electron chi connectivity index (χ1n) is 15.6. The van der Waals surface area contributed by atoms with Gasteiger partial charge in [0.2, 0.25) is 0 Å². The molecular formula is C34H45N3O5S. The summed E-state index contributed by atoms with van der Waals surface area (Å²) in [5, 5.41) is 2.96. The largest absolute Gasteiger partial charge is 0.445 e. The first-order valence-corrected chi connectivity index (χ1v) is 16.3. The molecule has 1 saturated carbocycles. The van der Waals surface area contributed by atoms with Gasteiger partial charge in [0.1, 0.15) is 6.10 Å². The number of nitrogens with zero attached hydrogens (tertiary/aromatic N) is 2. The molecule has 2 aliphatic heterocycles. The Kier molecular flexibility index (Phi) is 11.2. The molecule has 2 bridgehead atoms. The molecule has 0 spiro atoms. The van der Waals surface area contributed by atoms with E-state index in [0.717, 1.165) is 49.6 Å². The molecule has 232 valence electrons. The van der Waals surface area contributed by atoms with Crippen molar-refractivity contribution in [2.45, 2.75) is 64.2 Å². The molecule has 5 atom stereocenters. The lowest BCUT2D eigenvalue weighted by Crippen LogP contribution is -2.37. The molecule has 3 fully saturated rings. The van der Waals surface area contributed by atoms with Crippen LogP contribution in [0.2, 0.25) is 0 Å². The molecule has 1 aromatic heterocycles. The van der Waals surface area contributed by atoms with E-state index in [0.29, 0.717) is 37.5 Å². The smallest absolute Gasteiger partial charge is 0.407 e. The molecule has 9 heteroatoms. The summed E-state index contributed by atoms with van der Waals surface area (Å²) in [6, 6.07) is 18.7. The second kappa shape index (κ2) is 15.2. The molecule has 1 aliphatic carbocycles. The third-order valence-electron chi connectivity index (χ3n) is 8.12. The SMILES string of the molecule is CCc1ncc(-c2ccc(SN(CCCNC(=O)OC3C4COC5OCC3C5C4)CC(C)C)cc2)o1.Cc1ccccc1. The van der Waals surface area contributed by atoms with Crippen molar-refractivity contribution in [1.29, 1.82) is 0 Å². The summed E-state index contributed by atoms with van der Waals surface area (Å²) in [5.74, 6) is 3.04. The van der Waals surface area contributed by atoms with Crippen LogP contribution in [0.15, 0.2) is 70.1 Å². The molecule has 0 radical (unpaired) electrons. The Balaban J connectivity index is 0.000000463. The van der Waals surface area contributed by atoms with Gasteiger partial charge in [-0.2, -0.15) is 0 Å². The number of hydrogen-bond donors (Lipinski definition) is 1. The van der Waals surface area contributed by atoms with E-state index >= 15 is 0 Å². The summed E-state index contributed by atoms with van der Waals surface area (Å²) < 4.78 is 25.4. The van der Waals surface area contributed by atoms with E-state index in [-0.39, 0.29) is 24.4 Å². The second-order valence-electron chi connectivity index (χ2n) is 12.0. The predicted molar refractivity (Wildman–Crippen MR) is 168 cm³/mol. The number of nitrogens with one attached hydrogen (secondary N) is 1. The highest BCUT2D eigenvalue weighted by Gasteiger charge is 2.56. The van der Waals surface area contributed by atoms with Crippen LogP contribution >= 0.6 is 11.9 Å². The lowest BCUT2D eigenvalue weighted by molar-refractivity contribution is -0.169. The summed E-state index contributed by atoms with van der Waals surface area (Å²) in [6.45, 7) is 12.2. The number of oxazole rings is 1. The van der Waals surface area contributed by atoms with Gasteiger partial charge in [0.05, 0.1) is 19.4 Å². The Bertz CT molecular complexity index is 1280. The van der Waals surface area contributed by atoms with E-state index in [1.54, 1.807) is 18.1 Å². The van der Waals surface area contributed by atoms with E-state index in [4.69, 9.17) is 18.6 Å². The number of carbonyl (C=O) groups is 1. The number of ether oxygens (including phenoxy) is 3. The molecule has 2 saturated heterocycles. The van der Waals surface area contributed by atoms with Crippen molar-refractivity contribution >= 4 is 18.0 Å². The van der Waals surface area contributed by atoms with Crippen LogP contribution in [-0.2, 0) is 20.6 Å². The Labute approximate surface area is 260 Å². The number of rotatable bonds is 11. The first kappa shape index (κ1) is 31.6. The first-order chi connectivity index (χ1) is 20.9. The van der Waals surface area contributed by atoms with Crippen LogP contribution in [0.3, 0.4) is 0 Å². The molecule has 6 rings (SSSR count). The van der Waals surface area contributed by atoms with Gasteiger partial charge in [0, 0.05) is 54.3 Å². The molecule has 1 N–H and O–H groups in total. The van der Waals surface area contributed by atoms with E-state index in [2.05, 4.69) is 71.8 Å². The fourth-order valence-electron chi connectivity index (χ4n) is 6.01. The molecule has 8 nitrogen and oxygen atoms in total. The number of aryl methyl sites for hydroxylation is 2. The molecule has 43 heavy (non-hydrogen) atoms. The molecule has 3 aliphatic rings. The normalized spacial score (nSPS) is 23.7. The minimum atomic E-state index is -0.326. The van der Waals surface area contributed by atoms with Gasteiger partial charge >= 0.3 is 6.09 Å². The van der Waals surface area contributed by atoms with Gasteiger partial charge in [-0.15, -0.1) is 0 Å². The summed E-state index contributed by atoms with van der Waals surface area (Å²) >= 11 is 1.75. The van der Waals surface area contributed by atoms with Crippen LogP contribution in [0.4, 0.5) is 4.79 Å². The van der Waals surface area contributed by atoms with Crippen molar-refractivity contribution in [1.82, 2.24) is 14.6 Å². The number of amides is 1. The minimum Gasteiger partial charge on any atom is -0.445 e. The quantitative estimate of drug-likeness (QED) is 0.184. The van der Waals surface area contributed by atoms with Crippen LogP contribution in [0.25, 0.3) is 11.3 Å². The standard InChI is InChI=1S/C27H37N3O5S.C7H8/c1-4-24-29-13-23(34-24)18-6-8-20(9-7-18)36-30(14-17(2)3)11-5-10-28-27(31)35-25-19-12-21-22(25)16-33-26(21)32-15-19;1-7-5-3-2-4-6-7/h6-9,13,17,19,21-22,25-26H,4-5,10-12,14-16H2,1-3H3,(H,28,31);2-6H,1H3. The molecule has 1 amide bonds. The number of hydrogen-bond acceptors (Lipinski definition) is 8. The Hall–Kier alpha value is -2.85. The van der Waals surface area contributed by atoms with Crippen LogP contribution < -0.4 is 5.32 Å². The Morgan fingerprint density at radius 1 is 1.09 bits per heavy atom. The fraction of sp³-hybridized carbons (Fsp3) is 0.529. The van der Waals surface area contributed by atoms with Crippen molar-refractivity contribution in [2.75, 3.05) is 32.8 Å². The topological polar surface area (TPSA) is 86.1 Å². The number of aromatic nitrogens is 1. The van der Waals surface area contributed by atoms with E-state index in [1.165, 1.54) is 10.5 Å². The Morgan fingerprint density at radius 2 is 1.86 bits per heavy atom. The van der Waals surface area contributed by atoms with Crippen molar-refractivity contribution in [3.8, 4) is 11.3 Å². The van der Waals surface area contributed by atoms with E-state index < -0.39 is 0 Å². The van der Waals surface area contributed by atoms with Crippen LogP contribution in [-0.4, -0.2) is 60.6 Å². The third-order valence-corrected chi connectivity index (χ3v) is 9.20. The number of benzene rings is 2. The maximum atomic E-state index is 12.5. The van der Waals surface area contributed by atoms with Crippen molar-refractivity contribution < 1.29 is 23.4 Å². The van der Waals surface area contributed by atoms with Gasteiger partial charge in [-0.05, 0) is 49.8 Å². The lowest BCUT2D eigenvalue weighted by atomic mass is 9.98. The highest BCUT2D eigenvalue weighted by Crippen LogP contribution is 2.49. The summed E-state index contributed by atoms with van der Waals surface area (Å²) in [5.41, 5.74) is 2.35. The molecular weight excluding hydrogens is 562 g/mol. The Morgan fingerprint density at radius 3 is 2.53 bits per heavy atom. The zero-order valence-electron chi connectivity index (χ0n) is 25.7. The summed E-state index contributed by atoms with van der Waals surface area (Å²) in [4.78, 5) is 18.0. The van der Waals surface area contributed by atoms with Gasteiger partial charge in [-0.3, -0.25) is 0 Å². The monoisotopic (exact) mass is 607 g/mol. The minimum absolute atomic E-state index is 0.0935. The number of fused-ring (bicyclic) bond motifs is 1. The average molecular weight is 608 g/mol. The van der Waals surface area contributed by atoms with Crippen molar-refractivity contribution in [3.63, 3.8) is 0 Å². The maximum Gasteiger partial charge on any atom is 0.407 e. The van der Waals surface area contributed by atoms with Crippen molar-refractivity contribution in [3.05, 3.63) is 72.2 Å². The van der Waals surface area contributed by atoms with Gasteiger partial charge in [-0.25, -0.2) is 14.1 Å². The van der Waals surface area contributed by atoms with E-state index in [9.17, 15) is 4.79 Å². The molecule has 3 aromatic rings. The van der Waals surface area contributed by atoms with Gasteiger partial charge in [0.15, 0.2) is 17.9 Å². The lowest BCUT2D eigenvalue weighted by Gasteiger charge is -2.27. The van der Waals surface area contributed by atoms with Gasteiger partial charge in [0.25, 0.3) is 0 Å².